The highest BCUT2D eigenvalue weighted by Crippen LogP contribution is 2.26. The van der Waals surface area contributed by atoms with Gasteiger partial charge in [-0.05, 0) is 18.6 Å². The number of nitrogens with zero attached hydrogens (tertiary/aromatic N) is 4. The maximum Gasteiger partial charge on any atom is 0.272 e. The van der Waals surface area contributed by atoms with Crippen LogP contribution in [0, 0.1) is 5.41 Å². The molecule has 2 heterocycles. The van der Waals surface area contributed by atoms with Crippen LogP contribution >= 0.6 is 24.2 Å². The van der Waals surface area contributed by atoms with Gasteiger partial charge in [0.2, 0.25) is 0 Å². The Kier molecular flexibility index (Phi) is 5.57. The molecule has 1 amide bonds. The van der Waals surface area contributed by atoms with Gasteiger partial charge in [-0.25, -0.2) is 4.68 Å². The second-order valence-corrected chi connectivity index (χ2v) is 5.23. The lowest BCUT2D eigenvalue weighted by molar-refractivity contribution is -0.112. The van der Waals surface area contributed by atoms with Gasteiger partial charge in [0.25, 0.3) is 5.91 Å². The predicted molar refractivity (Wildman–Crippen MR) is 90.6 cm³/mol. The highest BCUT2D eigenvalue weighted by Gasteiger charge is 2.23. The number of anilines is 1. The molecule has 0 atom stereocenters. The van der Waals surface area contributed by atoms with E-state index < -0.39 is 5.91 Å². The highest BCUT2D eigenvalue weighted by atomic mass is 35.5. The summed E-state index contributed by atoms with van der Waals surface area (Å²) in [6.07, 6.45) is 5.71. The SMILES string of the molecule is CCCN(C(=O)C(=N)CS)c1cn(-c2cccnc2)nc1Cl. The van der Waals surface area contributed by atoms with E-state index in [0.717, 1.165) is 12.1 Å². The molecule has 116 valence electrons. The smallest absolute Gasteiger partial charge is 0.272 e. The molecule has 2 aromatic rings. The highest BCUT2D eigenvalue weighted by molar-refractivity contribution is 7.81. The number of aromatic nitrogens is 3. The number of thiol groups is 1. The minimum Gasteiger partial charge on any atom is -0.303 e. The van der Waals surface area contributed by atoms with Gasteiger partial charge in [-0.3, -0.25) is 15.2 Å². The van der Waals surface area contributed by atoms with Gasteiger partial charge in [-0.15, -0.1) is 0 Å². The minimum absolute atomic E-state index is 0.0768. The second kappa shape index (κ2) is 7.42. The lowest BCUT2D eigenvalue weighted by atomic mass is 10.3. The third-order valence-corrected chi connectivity index (χ3v) is 3.55. The molecule has 0 spiro atoms. The normalized spacial score (nSPS) is 10.5. The van der Waals surface area contributed by atoms with Crippen LogP contribution in [0.4, 0.5) is 5.69 Å². The van der Waals surface area contributed by atoms with Gasteiger partial charge in [-0.1, -0.05) is 18.5 Å². The Balaban J connectivity index is 2.39. The molecular formula is C14H16ClN5OS. The number of carbonyl (C=O) groups is 1. The van der Waals surface area contributed by atoms with Crippen molar-refractivity contribution in [3.05, 3.63) is 35.9 Å². The molecule has 0 radical (unpaired) electrons. The summed E-state index contributed by atoms with van der Waals surface area (Å²) in [6, 6.07) is 3.62. The third kappa shape index (κ3) is 3.48. The average molecular weight is 338 g/mol. The van der Waals surface area contributed by atoms with Crippen molar-refractivity contribution in [1.82, 2.24) is 14.8 Å². The van der Waals surface area contributed by atoms with Crippen LogP contribution in [0.3, 0.4) is 0 Å². The van der Waals surface area contributed by atoms with E-state index in [0.29, 0.717) is 12.2 Å². The molecule has 22 heavy (non-hydrogen) atoms. The zero-order valence-corrected chi connectivity index (χ0v) is 13.7. The van der Waals surface area contributed by atoms with Gasteiger partial charge in [0.05, 0.1) is 18.1 Å². The first-order valence-corrected chi connectivity index (χ1v) is 7.75. The van der Waals surface area contributed by atoms with E-state index in [1.54, 1.807) is 29.3 Å². The molecule has 0 aliphatic rings. The molecule has 2 aromatic heterocycles. The van der Waals surface area contributed by atoms with Crippen molar-refractivity contribution < 1.29 is 4.79 Å². The summed E-state index contributed by atoms with van der Waals surface area (Å²) < 4.78 is 1.56. The number of carbonyl (C=O) groups excluding carboxylic acids is 1. The van der Waals surface area contributed by atoms with Gasteiger partial charge >= 0.3 is 0 Å². The molecule has 0 saturated heterocycles. The summed E-state index contributed by atoms with van der Waals surface area (Å²) in [5.41, 5.74) is 1.13. The van der Waals surface area contributed by atoms with E-state index >= 15 is 0 Å². The molecule has 1 N–H and O–H groups in total. The van der Waals surface area contributed by atoms with Crippen LogP contribution in [-0.4, -0.2) is 38.7 Å². The monoisotopic (exact) mass is 337 g/mol. The van der Waals surface area contributed by atoms with E-state index in [1.165, 1.54) is 4.90 Å². The lowest BCUT2D eigenvalue weighted by Crippen LogP contribution is -2.37. The Morgan fingerprint density at radius 3 is 2.91 bits per heavy atom. The summed E-state index contributed by atoms with van der Waals surface area (Å²) in [6.45, 7) is 2.40. The van der Waals surface area contributed by atoms with E-state index in [1.807, 2.05) is 13.0 Å². The minimum atomic E-state index is -0.413. The first-order chi connectivity index (χ1) is 10.6. The van der Waals surface area contributed by atoms with Crippen LogP contribution in [0.15, 0.2) is 30.7 Å². The molecule has 0 unspecified atom stereocenters. The molecule has 0 aliphatic heterocycles. The molecule has 6 nitrogen and oxygen atoms in total. The number of hydrogen-bond acceptors (Lipinski definition) is 5. The van der Waals surface area contributed by atoms with Crippen LogP contribution in [0.25, 0.3) is 5.69 Å². The molecule has 0 bridgehead atoms. The van der Waals surface area contributed by atoms with Crippen molar-refractivity contribution in [3.63, 3.8) is 0 Å². The van der Waals surface area contributed by atoms with Gasteiger partial charge in [0.15, 0.2) is 5.15 Å². The van der Waals surface area contributed by atoms with Crippen LogP contribution in [0.1, 0.15) is 13.3 Å². The van der Waals surface area contributed by atoms with E-state index in [9.17, 15) is 4.79 Å². The zero-order valence-electron chi connectivity index (χ0n) is 12.0. The van der Waals surface area contributed by atoms with Gasteiger partial charge in [-0.2, -0.15) is 17.7 Å². The summed E-state index contributed by atoms with van der Waals surface area (Å²) in [4.78, 5) is 17.8. The molecule has 0 fully saturated rings. The molecule has 0 aromatic carbocycles. The third-order valence-electron chi connectivity index (χ3n) is 2.96. The largest absolute Gasteiger partial charge is 0.303 e. The van der Waals surface area contributed by atoms with E-state index in [4.69, 9.17) is 17.0 Å². The fourth-order valence-corrected chi connectivity index (χ4v) is 2.30. The second-order valence-electron chi connectivity index (χ2n) is 4.55. The summed E-state index contributed by atoms with van der Waals surface area (Å²) in [7, 11) is 0. The molecule has 8 heteroatoms. The average Bonchev–Trinajstić information content (AvgIpc) is 2.93. The maximum absolute atomic E-state index is 12.3. The summed E-state index contributed by atoms with van der Waals surface area (Å²) in [5, 5.41) is 12.1. The van der Waals surface area contributed by atoms with Crippen LogP contribution in [0.2, 0.25) is 5.15 Å². The number of rotatable bonds is 6. The summed E-state index contributed by atoms with van der Waals surface area (Å²) in [5.74, 6) is -0.336. The topological polar surface area (TPSA) is 74.9 Å². The van der Waals surface area contributed by atoms with Crippen molar-refractivity contribution in [2.24, 2.45) is 0 Å². The van der Waals surface area contributed by atoms with Crippen molar-refractivity contribution in [2.75, 3.05) is 17.2 Å². The lowest BCUT2D eigenvalue weighted by Gasteiger charge is -2.20. The number of hydrogen-bond donors (Lipinski definition) is 2. The number of nitrogens with one attached hydrogen (secondary N) is 1. The number of pyridine rings is 1. The zero-order chi connectivity index (χ0) is 16.1. The van der Waals surface area contributed by atoms with Crippen LogP contribution in [-0.2, 0) is 4.79 Å². The molecule has 2 rings (SSSR count). The van der Waals surface area contributed by atoms with Gasteiger partial charge in [0.1, 0.15) is 11.4 Å². The first-order valence-electron chi connectivity index (χ1n) is 6.74. The van der Waals surface area contributed by atoms with Crippen LogP contribution in [0.5, 0.6) is 0 Å². The Labute approximate surface area is 139 Å². The van der Waals surface area contributed by atoms with E-state index in [-0.39, 0.29) is 16.6 Å². The first kappa shape index (κ1) is 16.5. The quantitative estimate of drug-likeness (QED) is 0.628. The van der Waals surface area contributed by atoms with E-state index in [2.05, 4.69) is 22.7 Å². The molecule has 0 saturated carbocycles. The Hall–Kier alpha value is -1.86. The van der Waals surface area contributed by atoms with Crippen molar-refractivity contribution in [2.45, 2.75) is 13.3 Å². The standard InChI is InChI=1S/C14H16ClN5OS/c1-2-6-19(14(21)11(16)9-22)12-8-20(18-13(12)15)10-4-3-5-17-7-10/h3-5,7-8,16,22H,2,6,9H2,1H3. The van der Waals surface area contributed by atoms with Crippen molar-refractivity contribution in [1.29, 1.82) is 5.41 Å². The Morgan fingerprint density at radius 2 is 2.32 bits per heavy atom. The predicted octanol–water partition coefficient (Wildman–Crippen LogP) is 2.61. The number of halogens is 1. The fourth-order valence-electron chi connectivity index (χ4n) is 1.93. The van der Waals surface area contributed by atoms with Gasteiger partial charge < -0.3 is 4.90 Å². The Morgan fingerprint density at radius 1 is 1.55 bits per heavy atom. The number of amides is 1. The van der Waals surface area contributed by atoms with Gasteiger partial charge in [0, 0.05) is 18.5 Å². The molecule has 0 aliphatic carbocycles. The summed E-state index contributed by atoms with van der Waals surface area (Å²) >= 11 is 10.2. The van der Waals surface area contributed by atoms with Crippen LogP contribution < -0.4 is 4.90 Å². The fraction of sp³-hybridized carbons (Fsp3) is 0.286. The Bertz CT molecular complexity index is 673. The molecular weight excluding hydrogens is 322 g/mol. The maximum atomic E-state index is 12.3. The van der Waals surface area contributed by atoms with Crippen molar-refractivity contribution >= 4 is 41.5 Å². The van der Waals surface area contributed by atoms with Crippen molar-refractivity contribution in [3.8, 4) is 5.69 Å².